The maximum Gasteiger partial charge on any atom is 0.148 e. The number of hydrogen-bond acceptors (Lipinski definition) is 1. The topological polar surface area (TPSA) is 17.1 Å². The quantitative estimate of drug-likeness (QED) is 0.555. The minimum atomic E-state index is -1.84. The molecule has 0 amide bonds. The molecule has 0 aromatic carbocycles. The standard InChI is InChI=1S/C9H16IOP/c1-2-12(10,11)9-5-3-8(7-9)4-6-9/h8H,2-7H2,1H3. The van der Waals surface area contributed by atoms with Gasteiger partial charge in [-0.3, -0.25) is 0 Å². The Balaban J connectivity index is 2.27. The van der Waals surface area contributed by atoms with E-state index in [1.54, 1.807) is 0 Å². The van der Waals surface area contributed by atoms with Crippen LogP contribution in [0.15, 0.2) is 0 Å². The van der Waals surface area contributed by atoms with Gasteiger partial charge in [-0.25, -0.2) is 0 Å². The number of hydrogen-bond donors (Lipinski definition) is 0. The summed E-state index contributed by atoms with van der Waals surface area (Å²) in [6.07, 6.45) is 7.40. The van der Waals surface area contributed by atoms with Crippen molar-refractivity contribution >= 4 is 26.8 Å². The van der Waals surface area contributed by atoms with Crippen LogP contribution in [-0.4, -0.2) is 11.3 Å². The van der Waals surface area contributed by atoms with Gasteiger partial charge in [0.05, 0.1) is 0 Å². The molecule has 1 nitrogen and oxygen atoms in total. The average molecular weight is 298 g/mol. The molecule has 12 heavy (non-hydrogen) atoms. The fraction of sp³-hybridized carbons (Fsp3) is 1.00. The highest BCUT2D eigenvalue weighted by molar-refractivity contribution is 14.2. The van der Waals surface area contributed by atoms with Crippen molar-refractivity contribution in [1.82, 2.24) is 0 Å². The van der Waals surface area contributed by atoms with E-state index in [0.717, 1.165) is 12.1 Å². The predicted molar refractivity (Wildman–Crippen MR) is 61.5 cm³/mol. The third-order valence-corrected chi connectivity index (χ3v) is 11.8. The molecule has 0 aliphatic heterocycles. The Labute approximate surface area is 87.5 Å². The first kappa shape index (κ1) is 9.51. The van der Waals surface area contributed by atoms with E-state index < -0.39 is 4.78 Å². The SMILES string of the molecule is CCP(=O)(I)C12CCC(CC1)C2. The van der Waals surface area contributed by atoms with E-state index >= 15 is 0 Å². The molecular weight excluding hydrogens is 282 g/mol. The smallest absolute Gasteiger partial charge is 0.148 e. The zero-order chi connectivity index (χ0) is 8.82. The van der Waals surface area contributed by atoms with Crippen molar-refractivity contribution in [1.29, 1.82) is 0 Å². The Kier molecular flexibility index (Phi) is 2.36. The van der Waals surface area contributed by atoms with Gasteiger partial charge in [-0.1, -0.05) is 6.92 Å². The van der Waals surface area contributed by atoms with Crippen LogP contribution in [-0.2, 0) is 4.57 Å². The number of fused-ring (bicyclic) bond motifs is 2. The first-order valence-electron chi connectivity index (χ1n) is 4.88. The third kappa shape index (κ3) is 1.21. The van der Waals surface area contributed by atoms with Crippen molar-refractivity contribution in [3.63, 3.8) is 0 Å². The summed E-state index contributed by atoms with van der Waals surface area (Å²) in [5.41, 5.74) is 0. The molecule has 0 saturated heterocycles. The fourth-order valence-electron chi connectivity index (χ4n) is 2.97. The Hall–Kier alpha value is 0.960. The molecular formula is C9H16IOP. The molecule has 2 bridgehead atoms. The van der Waals surface area contributed by atoms with Gasteiger partial charge in [0.2, 0.25) is 0 Å². The van der Waals surface area contributed by atoms with Gasteiger partial charge in [0.25, 0.3) is 0 Å². The van der Waals surface area contributed by atoms with Crippen molar-refractivity contribution in [2.45, 2.75) is 44.2 Å². The summed E-state index contributed by atoms with van der Waals surface area (Å²) in [6.45, 7) is 2.09. The molecule has 70 valence electrons. The molecule has 0 N–H and O–H groups in total. The van der Waals surface area contributed by atoms with Crippen LogP contribution in [0.25, 0.3) is 0 Å². The average Bonchev–Trinajstić information content (AvgIpc) is 2.64. The molecule has 2 saturated carbocycles. The Bertz CT molecular complexity index is 231. The minimum absolute atomic E-state index is 0.299. The van der Waals surface area contributed by atoms with Gasteiger partial charge in [0.1, 0.15) is 4.78 Å². The predicted octanol–water partition coefficient (Wildman–Crippen LogP) is 4.05. The molecule has 0 spiro atoms. The van der Waals surface area contributed by atoms with Gasteiger partial charge < -0.3 is 4.57 Å². The van der Waals surface area contributed by atoms with Gasteiger partial charge >= 0.3 is 0 Å². The van der Waals surface area contributed by atoms with Crippen molar-refractivity contribution < 1.29 is 4.57 Å². The number of rotatable bonds is 2. The van der Waals surface area contributed by atoms with E-state index in [2.05, 4.69) is 29.0 Å². The lowest BCUT2D eigenvalue weighted by Crippen LogP contribution is -2.20. The van der Waals surface area contributed by atoms with Gasteiger partial charge in [-0.2, -0.15) is 0 Å². The van der Waals surface area contributed by atoms with E-state index in [-0.39, 0.29) is 0 Å². The molecule has 2 aliphatic rings. The first-order chi connectivity index (χ1) is 5.60. The molecule has 3 heteroatoms. The van der Waals surface area contributed by atoms with Crippen molar-refractivity contribution in [2.24, 2.45) is 5.92 Å². The monoisotopic (exact) mass is 298 g/mol. The largest absolute Gasteiger partial charge is 0.312 e. The Morgan fingerprint density at radius 1 is 1.50 bits per heavy atom. The zero-order valence-electron chi connectivity index (χ0n) is 7.55. The Morgan fingerprint density at radius 2 is 2.08 bits per heavy atom. The molecule has 2 fully saturated rings. The summed E-state index contributed by atoms with van der Waals surface area (Å²) in [6, 6.07) is 0. The molecule has 1 atom stereocenters. The summed E-state index contributed by atoms with van der Waals surface area (Å²) in [4.78, 5) is -1.84. The van der Waals surface area contributed by atoms with E-state index in [1.165, 1.54) is 32.1 Å². The van der Waals surface area contributed by atoms with Crippen LogP contribution in [0.3, 0.4) is 0 Å². The van der Waals surface area contributed by atoms with Crippen LogP contribution in [0.2, 0.25) is 0 Å². The summed E-state index contributed by atoms with van der Waals surface area (Å²) in [5, 5.41) is 0.299. The van der Waals surface area contributed by atoms with E-state index in [4.69, 9.17) is 0 Å². The van der Waals surface area contributed by atoms with Gasteiger partial charge in [0.15, 0.2) is 0 Å². The van der Waals surface area contributed by atoms with Crippen LogP contribution in [0.4, 0.5) is 0 Å². The molecule has 0 aromatic rings. The molecule has 0 aromatic heterocycles. The highest BCUT2D eigenvalue weighted by Gasteiger charge is 2.53. The lowest BCUT2D eigenvalue weighted by molar-refractivity contribution is 0.481. The first-order valence-corrected chi connectivity index (χ1v) is 9.56. The lowest BCUT2D eigenvalue weighted by atomic mass is 10.0. The van der Waals surface area contributed by atoms with Crippen molar-refractivity contribution in [3.8, 4) is 0 Å². The summed E-state index contributed by atoms with van der Waals surface area (Å²) >= 11 is 2.28. The lowest BCUT2D eigenvalue weighted by Gasteiger charge is -2.31. The van der Waals surface area contributed by atoms with Crippen LogP contribution >= 0.6 is 26.8 Å². The van der Waals surface area contributed by atoms with E-state index in [1.807, 2.05) is 0 Å². The van der Waals surface area contributed by atoms with Crippen LogP contribution in [0.1, 0.15) is 39.0 Å². The van der Waals surface area contributed by atoms with Gasteiger partial charge in [-0.15, -0.1) is 0 Å². The van der Waals surface area contributed by atoms with Crippen molar-refractivity contribution in [2.75, 3.05) is 6.16 Å². The second-order valence-electron chi connectivity index (χ2n) is 4.34. The zero-order valence-corrected chi connectivity index (χ0v) is 10.6. The van der Waals surface area contributed by atoms with Crippen LogP contribution in [0, 0.1) is 5.92 Å². The maximum atomic E-state index is 12.4. The number of halogens is 1. The summed E-state index contributed by atoms with van der Waals surface area (Å²) < 4.78 is 12.4. The summed E-state index contributed by atoms with van der Waals surface area (Å²) in [5.74, 6) is 0.930. The molecule has 1 unspecified atom stereocenters. The molecule has 2 rings (SSSR count). The van der Waals surface area contributed by atoms with Gasteiger partial charge in [-0.05, 0) is 60.1 Å². The fourth-order valence-corrected chi connectivity index (χ4v) is 7.13. The third-order valence-electron chi connectivity index (χ3n) is 3.82. The highest BCUT2D eigenvalue weighted by Crippen LogP contribution is 2.75. The maximum absolute atomic E-state index is 12.4. The van der Waals surface area contributed by atoms with Crippen LogP contribution < -0.4 is 0 Å². The molecule has 0 heterocycles. The van der Waals surface area contributed by atoms with E-state index in [0.29, 0.717) is 5.16 Å². The van der Waals surface area contributed by atoms with Gasteiger partial charge in [0, 0.05) is 11.3 Å². The normalized spacial score (nSPS) is 44.7. The second kappa shape index (κ2) is 2.98. The Morgan fingerprint density at radius 3 is 2.42 bits per heavy atom. The molecule has 2 aliphatic carbocycles. The summed E-state index contributed by atoms with van der Waals surface area (Å²) in [7, 11) is 0. The van der Waals surface area contributed by atoms with Crippen LogP contribution in [0.5, 0.6) is 0 Å². The highest BCUT2D eigenvalue weighted by atomic mass is 127. The minimum Gasteiger partial charge on any atom is -0.312 e. The molecule has 0 radical (unpaired) electrons. The van der Waals surface area contributed by atoms with Crippen molar-refractivity contribution in [3.05, 3.63) is 0 Å². The van der Waals surface area contributed by atoms with E-state index in [9.17, 15) is 4.57 Å². The second-order valence-corrected chi connectivity index (χ2v) is 11.9.